The normalized spacial score (nSPS) is 10.8. The van der Waals surface area contributed by atoms with Gasteiger partial charge in [0.05, 0.1) is 17.4 Å². The molecule has 0 amide bonds. The molecule has 0 radical (unpaired) electrons. The van der Waals surface area contributed by atoms with E-state index in [2.05, 4.69) is 48.0 Å². The van der Waals surface area contributed by atoms with Crippen LogP contribution in [0.25, 0.3) is 10.9 Å². The topological polar surface area (TPSA) is 16.1 Å². The molecule has 1 aromatic carbocycles. The van der Waals surface area contributed by atoms with Gasteiger partial charge in [-0.15, -0.1) is 0 Å². The molecule has 0 saturated carbocycles. The molecule has 0 unspecified atom stereocenters. The van der Waals surface area contributed by atoms with Crippen molar-refractivity contribution in [2.75, 3.05) is 18.0 Å². The van der Waals surface area contributed by atoms with Crippen molar-refractivity contribution < 1.29 is 0 Å². The van der Waals surface area contributed by atoms with Crippen molar-refractivity contribution in [1.82, 2.24) is 4.98 Å². The van der Waals surface area contributed by atoms with E-state index in [1.807, 2.05) is 12.3 Å². The first-order chi connectivity index (χ1) is 8.85. The summed E-state index contributed by atoms with van der Waals surface area (Å²) in [6, 6.07) is 10.6. The van der Waals surface area contributed by atoms with Crippen LogP contribution in [0.1, 0.15) is 33.1 Å². The maximum atomic E-state index is 4.55. The quantitative estimate of drug-likeness (QED) is 0.752. The monoisotopic (exact) mass is 242 g/mol. The summed E-state index contributed by atoms with van der Waals surface area (Å²) in [6.45, 7) is 6.71. The van der Waals surface area contributed by atoms with Gasteiger partial charge >= 0.3 is 0 Å². The molecule has 18 heavy (non-hydrogen) atoms. The molecular formula is C16H22N2. The van der Waals surface area contributed by atoms with Crippen LogP contribution in [-0.4, -0.2) is 18.1 Å². The van der Waals surface area contributed by atoms with E-state index in [0.717, 1.165) is 18.6 Å². The molecule has 2 heteroatoms. The largest absolute Gasteiger partial charge is 0.370 e. The number of unbranched alkanes of at least 4 members (excludes halogenated alkanes) is 1. The van der Waals surface area contributed by atoms with Gasteiger partial charge in [-0.25, -0.2) is 0 Å². The van der Waals surface area contributed by atoms with Crippen molar-refractivity contribution in [1.29, 1.82) is 0 Å². The zero-order chi connectivity index (χ0) is 12.8. The van der Waals surface area contributed by atoms with Crippen molar-refractivity contribution in [3.8, 4) is 0 Å². The van der Waals surface area contributed by atoms with Gasteiger partial charge in [0.2, 0.25) is 0 Å². The van der Waals surface area contributed by atoms with Crippen molar-refractivity contribution >= 4 is 16.6 Å². The molecule has 1 aromatic heterocycles. The molecule has 1 heterocycles. The molecule has 96 valence electrons. The molecule has 2 rings (SSSR count). The van der Waals surface area contributed by atoms with Crippen LogP contribution in [0, 0.1) is 0 Å². The van der Waals surface area contributed by atoms with Gasteiger partial charge in [-0.2, -0.15) is 0 Å². The zero-order valence-corrected chi connectivity index (χ0v) is 11.4. The first-order valence-electron chi connectivity index (χ1n) is 6.95. The van der Waals surface area contributed by atoms with E-state index < -0.39 is 0 Å². The maximum absolute atomic E-state index is 4.55. The Kier molecular flexibility index (Phi) is 4.57. The molecule has 0 atom stereocenters. The van der Waals surface area contributed by atoms with Crippen LogP contribution in [0.15, 0.2) is 36.5 Å². The predicted octanol–water partition coefficient (Wildman–Crippen LogP) is 4.25. The molecule has 0 spiro atoms. The van der Waals surface area contributed by atoms with Crippen LogP contribution in [0.4, 0.5) is 5.69 Å². The minimum absolute atomic E-state index is 1.08. The second kappa shape index (κ2) is 6.39. The number of hydrogen-bond donors (Lipinski definition) is 0. The first-order valence-corrected chi connectivity index (χ1v) is 6.95. The Bertz CT molecular complexity index is 493. The summed E-state index contributed by atoms with van der Waals surface area (Å²) in [7, 11) is 0. The smallest absolute Gasteiger partial charge is 0.0703 e. The highest BCUT2D eigenvalue weighted by atomic mass is 15.1. The molecule has 0 aliphatic heterocycles. The van der Waals surface area contributed by atoms with Crippen LogP contribution >= 0.6 is 0 Å². The van der Waals surface area contributed by atoms with E-state index in [1.54, 1.807) is 0 Å². The minimum Gasteiger partial charge on any atom is -0.370 e. The van der Waals surface area contributed by atoms with E-state index in [9.17, 15) is 0 Å². The average Bonchev–Trinajstić information content (AvgIpc) is 2.43. The highest BCUT2D eigenvalue weighted by Gasteiger charge is 2.06. The van der Waals surface area contributed by atoms with Crippen molar-refractivity contribution in [2.24, 2.45) is 0 Å². The van der Waals surface area contributed by atoms with Gasteiger partial charge < -0.3 is 4.90 Å². The third kappa shape index (κ3) is 3.00. The number of benzene rings is 1. The lowest BCUT2D eigenvalue weighted by molar-refractivity contribution is 0.703. The number of pyridine rings is 1. The lowest BCUT2D eigenvalue weighted by atomic mass is 10.2. The molecule has 0 aliphatic carbocycles. The molecule has 0 aliphatic rings. The Morgan fingerprint density at radius 2 is 1.89 bits per heavy atom. The number of anilines is 1. The van der Waals surface area contributed by atoms with Crippen molar-refractivity contribution in [3.05, 3.63) is 36.5 Å². The summed E-state index contributed by atoms with van der Waals surface area (Å²) < 4.78 is 0. The molecule has 0 N–H and O–H groups in total. The Morgan fingerprint density at radius 1 is 1.06 bits per heavy atom. The van der Waals surface area contributed by atoms with Gasteiger partial charge in [-0.3, -0.25) is 4.98 Å². The van der Waals surface area contributed by atoms with Crippen LogP contribution < -0.4 is 4.90 Å². The van der Waals surface area contributed by atoms with Crippen LogP contribution in [0.3, 0.4) is 0 Å². The SMILES string of the molecule is CCCCN(CCC)c1cnc2ccccc2c1. The van der Waals surface area contributed by atoms with Gasteiger partial charge in [0.15, 0.2) is 0 Å². The summed E-state index contributed by atoms with van der Waals surface area (Å²) >= 11 is 0. The second-order valence-electron chi connectivity index (χ2n) is 4.73. The summed E-state index contributed by atoms with van der Waals surface area (Å²) in [4.78, 5) is 7.00. The molecule has 0 fully saturated rings. The Labute approximate surface area is 110 Å². The molecule has 2 aromatic rings. The summed E-state index contributed by atoms with van der Waals surface area (Å²) in [5.41, 5.74) is 2.33. The van der Waals surface area contributed by atoms with Crippen LogP contribution in [0.5, 0.6) is 0 Å². The zero-order valence-electron chi connectivity index (χ0n) is 11.4. The third-order valence-corrected chi connectivity index (χ3v) is 3.22. The third-order valence-electron chi connectivity index (χ3n) is 3.22. The lowest BCUT2D eigenvalue weighted by Gasteiger charge is -2.24. The number of hydrogen-bond acceptors (Lipinski definition) is 2. The highest BCUT2D eigenvalue weighted by molar-refractivity contribution is 5.81. The van der Waals surface area contributed by atoms with Gasteiger partial charge in [-0.1, -0.05) is 38.5 Å². The number of rotatable bonds is 6. The standard InChI is InChI=1S/C16H22N2/c1-3-5-11-18(10-4-2)15-12-14-8-6-7-9-16(14)17-13-15/h6-9,12-13H,3-5,10-11H2,1-2H3. The van der Waals surface area contributed by atoms with E-state index in [-0.39, 0.29) is 0 Å². The highest BCUT2D eigenvalue weighted by Crippen LogP contribution is 2.20. The van der Waals surface area contributed by atoms with Crippen molar-refractivity contribution in [2.45, 2.75) is 33.1 Å². The average molecular weight is 242 g/mol. The van der Waals surface area contributed by atoms with E-state index in [1.165, 1.54) is 30.3 Å². The van der Waals surface area contributed by atoms with Gasteiger partial charge in [-0.05, 0) is 25.0 Å². The van der Waals surface area contributed by atoms with E-state index >= 15 is 0 Å². The Morgan fingerprint density at radius 3 is 2.67 bits per heavy atom. The Hall–Kier alpha value is -1.57. The van der Waals surface area contributed by atoms with Crippen LogP contribution in [-0.2, 0) is 0 Å². The molecule has 0 bridgehead atoms. The molecule has 0 saturated heterocycles. The fraction of sp³-hybridized carbons (Fsp3) is 0.438. The predicted molar refractivity (Wildman–Crippen MR) is 79.2 cm³/mol. The first kappa shape index (κ1) is 12.9. The van der Waals surface area contributed by atoms with Gasteiger partial charge in [0.25, 0.3) is 0 Å². The number of aromatic nitrogens is 1. The lowest BCUT2D eigenvalue weighted by Crippen LogP contribution is -2.25. The Balaban J connectivity index is 2.25. The number of nitrogens with zero attached hydrogens (tertiary/aromatic N) is 2. The fourth-order valence-electron chi connectivity index (χ4n) is 2.22. The van der Waals surface area contributed by atoms with E-state index in [0.29, 0.717) is 0 Å². The summed E-state index contributed by atoms with van der Waals surface area (Å²) in [5.74, 6) is 0. The molecular weight excluding hydrogens is 220 g/mol. The number of para-hydroxylation sites is 1. The minimum atomic E-state index is 1.08. The fourth-order valence-corrected chi connectivity index (χ4v) is 2.22. The van der Waals surface area contributed by atoms with Crippen LogP contribution in [0.2, 0.25) is 0 Å². The summed E-state index contributed by atoms with van der Waals surface area (Å²) in [5, 5.41) is 1.23. The van der Waals surface area contributed by atoms with Crippen molar-refractivity contribution in [3.63, 3.8) is 0 Å². The van der Waals surface area contributed by atoms with Gasteiger partial charge in [0, 0.05) is 18.5 Å². The van der Waals surface area contributed by atoms with Gasteiger partial charge in [0.1, 0.15) is 0 Å². The maximum Gasteiger partial charge on any atom is 0.0703 e. The molecule has 2 nitrogen and oxygen atoms in total. The second-order valence-corrected chi connectivity index (χ2v) is 4.73. The summed E-state index contributed by atoms with van der Waals surface area (Å²) in [6.07, 6.45) is 5.66. The number of fused-ring (bicyclic) bond motifs is 1. The van der Waals surface area contributed by atoms with E-state index in [4.69, 9.17) is 0 Å².